The van der Waals surface area contributed by atoms with Gasteiger partial charge in [0.2, 0.25) is 11.8 Å². The molecular weight excluding hydrogens is 348 g/mol. The van der Waals surface area contributed by atoms with Gasteiger partial charge in [0.05, 0.1) is 19.8 Å². The van der Waals surface area contributed by atoms with Crippen molar-refractivity contribution in [2.75, 3.05) is 38.8 Å². The number of hydrogen-bond acceptors (Lipinski definition) is 6. The first-order valence-electron chi connectivity index (χ1n) is 7.66. The third-order valence-electron chi connectivity index (χ3n) is 2.39. The zero-order chi connectivity index (χ0) is 18.0. The van der Waals surface area contributed by atoms with Crippen molar-refractivity contribution >= 4 is 33.4 Å². The Hall–Kier alpha value is -1.14. The fourth-order valence-corrected chi connectivity index (χ4v) is 3.15. The summed E-state index contributed by atoms with van der Waals surface area (Å²) in [7, 11) is 3.20. The lowest BCUT2D eigenvalue weighted by Gasteiger charge is -2.11. The first-order valence-corrected chi connectivity index (χ1v) is 10.0. The SMILES string of the molecule is C=CC(=O)NCC(C)SSCOCCOCC(=O)NCC#CCC. The number of rotatable bonds is 13. The summed E-state index contributed by atoms with van der Waals surface area (Å²) in [5, 5.41) is 5.65. The minimum atomic E-state index is -0.180. The Kier molecular flexibility index (Phi) is 15.9. The lowest BCUT2D eigenvalue weighted by molar-refractivity contribution is -0.125. The summed E-state index contributed by atoms with van der Waals surface area (Å²) in [5.41, 5.74) is 0. The number of hydrogen-bond donors (Lipinski definition) is 2. The van der Waals surface area contributed by atoms with E-state index in [1.807, 2.05) is 13.8 Å². The van der Waals surface area contributed by atoms with Crippen molar-refractivity contribution in [3.05, 3.63) is 12.7 Å². The van der Waals surface area contributed by atoms with E-state index < -0.39 is 0 Å². The Bertz CT molecular complexity index is 436. The van der Waals surface area contributed by atoms with Gasteiger partial charge < -0.3 is 20.1 Å². The van der Waals surface area contributed by atoms with Crippen LogP contribution in [0.5, 0.6) is 0 Å². The summed E-state index contributed by atoms with van der Waals surface area (Å²) in [6, 6.07) is 0. The lowest BCUT2D eigenvalue weighted by Crippen LogP contribution is -2.28. The zero-order valence-electron chi connectivity index (χ0n) is 14.3. The van der Waals surface area contributed by atoms with Gasteiger partial charge in [-0.1, -0.05) is 47.9 Å². The van der Waals surface area contributed by atoms with Crippen molar-refractivity contribution in [1.82, 2.24) is 10.6 Å². The average molecular weight is 375 g/mol. The molecule has 0 saturated carbocycles. The third-order valence-corrected chi connectivity index (χ3v) is 4.97. The maximum Gasteiger partial charge on any atom is 0.246 e. The highest BCUT2D eigenvalue weighted by molar-refractivity contribution is 8.76. The minimum absolute atomic E-state index is 0.0130. The van der Waals surface area contributed by atoms with E-state index in [2.05, 4.69) is 29.1 Å². The molecule has 0 radical (unpaired) electrons. The normalized spacial score (nSPS) is 11.1. The highest BCUT2D eigenvalue weighted by Gasteiger charge is 2.04. The second kappa shape index (κ2) is 16.7. The van der Waals surface area contributed by atoms with Crippen molar-refractivity contribution < 1.29 is 19.1 Å². The average Bonchev–Trinajstić information content (AvgIpc) is 2.58. The van der Waals surface area contributed by atoms with E-state index in [0.717, 1.165) is 6.42 Å². The molecule has 0 aliphatic rings. The molecule has 0 rings (SSSR count). The molecule has 24 heavy (non-hydrogen) atoms. The number of carbonyl (C=O) groups excluding carboxylic acids is 2. The van der Waals surface area contributed by atoms with Gasteiger partial charge in [-0.25, -0.2) is 0 Å². The van der Waals surface area contributed by atoms with Gasteiger partial charge in [0.1, 0.15) is 12.5 Å². The van der Waals surface area contributed by atoms with Crippen LogP contribution in [0.25, 0.3) is 0 Å². The van der Waals surface area contributed by atoms with Crippen molar-refractivity contribution in [3.8, 4) is 11.8 Å². The van der Waals surface area contributed by atoms with Gasteiger partial charge in [-0.2, -0.15) is 0 Å². The lowest BCUT2D eigenvalue weighted by atomic mass is 10.4. The molecule has 0 saturated heterocycles. The highest BCUT2D eigenvalue weighted by atomic mass is 33.1. The Morgan fingerprint density at radius 1 is 1.25 bits per heavy atom. The molecule has 1 atom stereocenters. The molecule has 2 N–H and O–H groups in total. The van der Waals surface area contributed by atoms with Gasteiger partial charge in [0, 0.05) is 18.2 Å². The summed E-state index contributed by atoms with van der Waals surface area (Å²) in [6.45, 7) is 9.12. The fraction of sp³-hybridized carbons (Fsp3) is 0.625. The van der Waals surface area contributed by atoms with E-state index in [0.29, 0.717) is 32.2 Å². The van der Waals surface area contributed by atoms with Crippen molar-refractivity contribution in [2.45, 2.75) is 25.5 Å². The van der Waals surface area contributed by atoms with Gasteiger partial charge in [-0.3, -0.25) is 9.59 Å². The molecule has 0 spiro atoms. The molecule has 0 aromatic heterocycles. The summed E-state index contributed by atoms with van der Waals surface area (Å²) in [5.74, 6) is 5.87. The molecule has 136 valence electrons. The van der Waals surface area contributed by atoms with E-state index >= 15 is 0 Å². The Morgan fingerprint density at radius 3 is 2.71 bits per heavy atom. The number of ether oxygens (including phenoxy) is 2. The molecule has 8 heteroatoms. The number of nitrogens with one attached hydrogen (secondary N) is 2. The first-order chi connectivity index (χ1) is 11.6. The van der Waals surface area contributed by atoms with Crippen LogP contribution >= 0.6 is 21.6 Å². The molecule has 6 nitrogen and oxygen atoms in total. The van der Waals surface area contributed by atoms with Crippen molar-refractivity contribution in [2.24, 2.45) is 0 Å². The summed E-state index contributed by atoms with van der Waals surface area (Å²) in [6.07, 6.45) is 2.04. The van der Waals surface area contributed by atoms with E-state index in [1.165, 1.54) is 6.08 Å². The van der Waals surface area contributed by atoms with Crippen LogP contribution in [0.3, 0.4) is 0 Å². The molecule has 0 fully saturated rings. The Labute approximate surface area is 152 Å². The monoisotopic (exact) mass is 374 g/mol. The molecule has 0 aliphatic carbocycles. The summed E-state index contributed by atoms with van der Waals surface area (Å²) in [4.78, 5) is 22.4. The van der Waals surface area contributed by atoms with Gasteiger partial charge in [0.25, 0.3) is 0 Å². The van der Waals surface area contributed by atoms with Crippen LogP contribution in [-0.4, -0.2) is 55.9 Å². The third kappa shape index (κ3) is 15.7. The molecule has 0 aliphatic heterocycles. The molecule has 0 aromatic rings. The molecule has 0 bridgehead atoms. The Morgan fingerprint density at radius 2 is 2.00 bits per heavy atom. The fourth-order valence-electron chi connectivity index (χ4n) is 1.25. The van der Waals surface area contributed by atoms with Crippen molar-refractivity contribution in [1.29, 1.82) is 0 Å². The zero-order valence-corrected chi connectivity index (χ0v) is 15.9. The quantitative estimate of drug-likeness (QED) is 0.168. The van der Waals surface area contributed by atoms with E-state index in [4.69, 9.17) is 9.47 Å². The smallest absolute Gasteiger partial charge is 0.246 e. The van der Waals surface area contributed by atoms with E-state index in [-0.39, 0.29) is 23.7 Å². The summed E-state index contributed by atoms with van der Waals surface area (Å²) < 4.78 is 10.6. The predicted molar refractivity (Wildman–Crippen MR) is 101 cm³/mol. The topological polar surface area (TPSA) is 76.7 Å². The van der Waals surface area contributed by atoms with E-state index in [9.17, 15) is 9.59 Å². The molecule has 2 amide bonds. The number of amides is 2. The maximum atomic E-state index is 11.4. The molecule has 0 aromatic carbocycles. The van der Waals surface area contributed by atoms with Crippen LogP contribution in [0.1, 0.15) is 20.3 Å². The highest BCUT2D eigenvalue weighted by Crippen LogP contribution is 2.25. The molecule has 0 heterocycles. The summed E-state index contributed by atoms with van der Waals surface area (Å²) >= 11 is 0. The standard InChI is InChI=1S/C16H26N2O4S2/c1-4-6-7-8-17-16(20)12-21-9-10-22-13-23-24-14(3)11-18-15(19)5-2/h5,14H,2,4,8-13H2,1,3H3,(H,17,20)(H,18,19). The van der Waals surface area contributed by atoms with Crippen LogP contribution in [0.2, 0.25) is 0 Å². The van der Waals surface area contributed by atoms with Crippen LogP contribution in [-0.2, 0) is 19.1 Å². The van der Waals surface area contributed by atoms with E-state index in [1.54, 1.807) is 21.6 Å². The van der Waals surface area contributed by atoms with Crippen molar-refractivity contribution in [3.63, 3.8) is 0 Å². The predicted octanol–water partition coefficient (Wildman–Crippen LogP) is 1.58. The maximum absolute atomic E-state index is 11.4. The largest absolute Gasteiger partial charge is 0.369 e. The van der Waals surface area contributed by atoms with Gasteiger partial charge >= 0.3 is 0 Å². The van der Waals surface area contributed by atoms with Gasteiger partial charge in [0.15, 0.2) is 0 Å². The second-order valence-electron chi connectivity index (χ2n) is 4.54. The Balaban J connectivity index is 3.37. The van der Waals surface area contributed by atoms with Crippen LogP contribution < -0.4 is 10.6 Å². The first kappa shape index (κ1) is 22.9. The van der Waals surface area contributed by atoms with Crippen LogP contribution in [0.4, 0.5) is 0 Å². The minimum Gasteiger partial charge on any atom is -0.369 e. The molecular formula is C16H26N2O4S2. The van der Waals surface area contributed by atoms with Crippen LogP contribution in [0, 0.1) is 11.8 Å². The second-order valence-corrected chi connectivity index (χ2v) is 7.29. The van der Waals surface area contributed by atoms with Crippen LogP contribution in [0.15, 0.2) is 12.7 Å². The molecule has 1 unspecified atom stereocenters. The van der Waals surface area contributed by atoms with Gasteiger partial charge in [-0.05, 0) is 6.08 Å². The number of carbonyl (C=O) groups is 2. The van der Waals surface area contributed by atoms with Gasteiger partial charge in [-0.15, -0.1) is 5.92 Å².